The number of amides is 1. The molecule has 2 aliphatic rings. The average Bonchev–Trinajstić information content (AvgIpc) is 2.85. The van der Waals surface area contributed by atoms with E-state index in [9.17, 15) is 14.7 Å². The van der Waals surface area contributed by atoms with Crippen molar-refractivity contribution in [3.8, 4) is 0 Å². The number of carboxylic acid groups (broad SMARTS) is 1. The molecule has 130 valence electrons. The number of carboxylic acids is 1. The first-order valence-corrected chi connectivity index (χ1v) is 8.64. The van der Waals surface area contributed by atoms with Gasteiger partial charge in [0.15, 0.2) is 6.04 Å². The second-order valence-electron chi connectivity index (χ2n) is 7.12. The summed E-state index contributed by atoms with van der Waals surface area (Å²) in [6.45, 7) is 5.89. The molecule has 1 aliphatic carbocycles. The van der Waals surface area contributed by atoms with Gasteiger partial charge in [-0.3, -0.25) is 9.69 Å². The van der Waals surface area contributed by atoms with Gasteiger partial charge in [-0.15, -0.1) is 0 Å². The Morgan fingerprint density at radius 1 is 1.12 bits per heavy atom. The van der Waals surface area contributed by atoms with Gasteiger partial charge < -0.3 is 9.84 Å². The van der Waals surface area contributed by atoms with E-state index in [4.69, 9.17) is 4.74 Å². The summed E-state index contributed by atoms with van der Waals surface area (Å²) in [5.74, 6) is -1.20. The van der Waals surface area contributed by atoms with Gasteiger partial charge in [0.2, 0.25) is 0 Å². The SMILES string of the molecule is Cc1cc(C)c(C(=O)N2[C@@H](C(=O)O)COC23CCCCC3)c(C)c1. The number of nitrogens with zero attached hydrogens (tertiary/aromatic N) is 1. The van der Waals surface area contributed by atoms with Crippen LogP contribution in [0.15, 0.2) is 12.1 Å². The third-order valence-corrected chi connectivity index (χ3v) is 5.29. The van der Waals surface area contributed by atoms with E-state index in [1.165, 1.54) is 4.90 Å². The Morgan fingerprint density at radius 3 is 2.25 bits per heavy atom. The molecule has 1 aromatic carbocycles. The molecule has 1 aromatic rings. The van der Waals surface area contributed by atoms with Gasteiger partial charge in [0.1, 0.15) is 5.72 Å². The molecular weight excluding hydrogens is 306 g/mol. The van der Waals surface area contributed by atoms with E-state index in [1.807, 2.05) is 32.9 Å². The van der Waals surface area contributed by atoms with Gasteiger partial charge in [0, 0.05) is 5.56 Å². The maximum absolute atomic E-state index is 13.4. The lowest BCUT2D eigenvalue weighted by molar-refractivity contribution is -0.143. The summed E-state index contributed by atoms with van der Waals surface area (Å²) in [7, 11) is 0. The fourth-order valence-electron chi connectivity index (χ4n) is 4.30. The highest BCUT2D eigenvalue weighted by molar-refractivity contribution is 6.00. The van der Waals surface area contributed by atoms with E-state index in [1.54, 1.807) is 0 Å². The molecule has 0 radical (unpaired) electrons. The quantitative estimate of drug-likeness (QED) is 0.904. The van der Waals surface area contributed by atoms with E-state index in [2.05, 4.69) is 0 Å². The van der Waals surface area contributed by atoms with E-state index in [0.717, 1.165) is 36.0 Å². The molecule has 1 spiro atoms. The van der Waals surface area contributed by atoms with Crippen molar-refractivity contribution in [3.63, 3.8) is 0 Å². The van der Waals surface area contributed by atoms with Crippen molar-refractivity contribution in [1.29, 1.82) is 0 Å². The van der Waals surface area contributed by atoms with Crippen LogP contribution in [0, 0.1) is 20.8 Å². The van der Waals surface area contributed by atoms with Crippen LogP contribution < -0.4 is 0 Å². The Hall–Kier alpha value is -1.88. The maximum atomic E-state index is 13.4. The number of ether oxygens (including phenoxy) is 1. The number of rotatable bonds is 2. The van der Waals surface area contributed by atoms with Crippen LogP contribution >= 0.6 is 0 Å². The van der Waals surface area contributed by atoms with E-state index < -0.39 is 17.7 Å². The first kappa shape index (κ1) is 17.0. The first-order chi connectivity index (χ1) is 11.4. The highest BCUT2D eigenvalue weighted by Gasteiger charge is 2.53. The predicted molar refractivity (Wildman–Crippen MR) is 90.0 cm³/mol. The number of hydrogen-bond acceptors (Lipinski definition) is 3. The Labute approximate surface area is 142 Å². The van der Waals surface area contributed by atoms with Crippen molar-refractivity contribution in [2.75, 3.05) is 6.61 Å². The molecule has 1 saturated carbocycles. The van der Waals surface area contributed by atoms with Crippen LogP contribution in [0.2, 0.25) is 0 Å². The van der Waals surface area contributed by atoms with Crippen LogP contribution in [0.5, 0.6) is 0 Å². The molecule has 1 saturated heterocycles. The molecule has 1 aliphatic heterocycles. The van der Waals surface area contributed by atoms with Gasteiger partial charge in [-0.05, 0) is 57.6 Å². The molecule has 1 amide bonds. The zero-order valence-corrected chi connectivity index (χ0v) is 14.6. The Morgan fingerprint density at radius 2 is 1.71 bits per heavy atom. The van der Waals surface area contributed by atoms with Crippen LogP contribution in [-0.2, 0) is 9.53 Å². The van der Waals surface area contributed by atoms with Crippen molar-refractivity contribution >= 4 is 11.9 Å². The Balaban J connectivity index is 2.05. The van der Waals surface area contributed by atoms with Crippen LogP contribution in [0.25, 0.3) is 0 Å². The van der Waals surface area contributed by atoms with Crippen molar-refractivity contribution < 1.29 is 19.4 Å². The van der Waals surface area contributed by atoms with Crippen LogP contribution in [0.1, 0.15) is 59.2 Å². The Bertz CT molecular complexity index is 653. The number of hydrogen-bond donors (Lipinski definition) is 1. The zero-order valence-electron chi connectivity index (χ0n) is 14.6. The maximum Gasteiger partial charge on any atom is 0.328 e. The van der Waals surface area contributed by atoms with Crippen molar-refractivity contribution in [2.45, 2.75) is 64.6 Å². The highest BCUT2D eigenvalue weighted by Crippen LogP contribution is 2.41. The van der Waals surface area contributed by atoms with E-state index >= 15 is 0 Å². The van der Waals surface area contributed by atoms with Crippen LogP contribution in [-0.4, -0.2) is 40.3 Å². The van der Waals surface area contributed by atoms with Crippen molar-refractivity contribution in [3.05, 3.63) is 34.4 Å². The first-order valence-electron chi connectivity index (χ1n) is 8.64. The second-order valence-corrected chi connectivity index (χ2v) is 7.12. The van der Waals surface area contributed by atoms with Gasteiger partial charge in [-0.25, -0.2) is 4.79 Å². The van der Waals surface area contributed by atoms with Gasteiger partial charge in [0.25, 0.3) is 5.91 Å². The molecule has 1 N–H and O–H groups in total. The lowest BCUT2D eigenvalue weighted by atomic mass is 9.89. The number of benzene rings is 1. The number of aryl methyl sites for hydroxylation is 3. The molecule has 1 heterocycles. The molecule has 5 nitrogen and oxygen atoms in total. The summed E-state index contributed by atoms with van der Waals surface area (Å²) in [6.07, 6.45) is 4.45. The molecule has 0 unspecified atom stereocenters. The van der Waals surface area contributed by atoms with Crippen LogP contribution in [0.3, 0.4) is 0 Å². The van der Waals surface area contributed by atoms with Crippen molar-refractivity contribution in [2.24, 2.45) is 0 Å². The predicted octanol–water partition coefficient (Wildman–Crippen LogP) is 3.20. The Kier molecular flexibility index (Phi) is 4.38. The minimum absolute atomic E-state index is 0.0744. The van der Waals surface area contributed by atoms with Gasteiger partial charge in [-0.1, -0.05) is 24.1 Å². The molecule has 0 bridgehead atoms. The molecule has 2 fully saturated rings. The highest BCUT2D eigenvalue weighted by atomic mass is 16.5. The minimum atomic E-state index is -0.992. The summed E-state index contributed by atoms with van der Waals surface area (Å²) >= 11 is 0. The molecule has 5 heteroatoms. The van der Waals surface area contributed by atoms with Gasteiger partial charge in [0.05, 0.1) is 6.61 Å². The fraction of sp³-hybridized carbons (Fsp3) is 0.579. The third kappa shape index (κ3) is 2.71. The normalized spacial score (nSPS) is 22.8. The zero-order chi connectivity index (χ0) is 17.5. The van der Waals surface area contributed by atoms with Gasteiger partial charge in [-0.2, -0.15) is 0 Å². The largest absolute Gasteiger partial charge is 0.480 e. The lowest BCUT2D eigenvalue weighted by Gasteiger charge is -2.41. The summed E-state index contributed by atoms with van der Waals surface area (Å²) < 4.78 is 5.94. The van der Waals surface area contributed by atoms with E-state index in [-0.39, 0.29) is 12.5 Å². The second kappa shape index (κ2) is 6.20. The molecule has 3 rings (SSSR count). The summed E-state index contributed by atoms with van der Waals surface area (Å²) in [5, 5.41) is 9.60. The molecular formula is C19H25NO4. The monoisotopic (exact) mass is 331 g/mol. The standard InChI is InChI=1S/C19H25NO4/c1-12-9-13(2)16(14(3)10-12)17(21)20-15(18(22)23)11-24-19(20)7-5-4-6-8-19/h9-10,15H,4-8,11H2,1-3H3,(H,22,23)/t15-/m1/s1. The lowest BCUT2D eigenvalue weighted by Crippen LogP contribution is -2.54. The van der Waals surface area contributed by atoms with Gasteiger partial charge >= 0.3 is 5.97 Å². The summed E-state index contributed by atoms with van der Waals surface area (Å²) in [6, 6.07) is 3.04. The number of carbonyl (C=O) groups excluding carboxylic acids is 1. The molecule has 0 aromatic heterocycles. The van der Waals surface area contributed by atoms with Crippen molar-refractivity contribution in [1.82, 2.24) is 4.90 Å². The topological polar surface area (TPSA) is 66.8 Å². The third-order valence-electron chi connectivity index (χ3n) is 5.29. The minimum Gasteiger partial charge on any atom is -0.480 e. The number of aliphatic carboxylic acids is 1. The summed E-state index contributed by atoms with van der Waals surface area (Å²) in [5.41, 5.74) is 2.74. The summed E-state index contributed by atoms with van der Waals surface area (Å²) in [4.78, 5) is 26.6. The smallest absolute Gasteiger partial charge is 0.328 e. The fourth-order valence-corrected chi connectivity index (χ4v) is 4.30. The molecule has 1 atom stereocenters. The molecule has 24 heavy (non-hydrogen) atoms. The van der Waals surface area contributed by atoms with Crippen LogP contribution in [0.4, 0.5) is 0 Å². The average molecular weight is 331 g/mol. The van der Waals surface area contributed by atoms with E-state index in [0.29, 0.717) is 18.4 Å². The number of carbonyl (C=O) groups is 2.